The van der Waals surface area contributed by atoms with E-state index in [9.17, 15) is 9.59 Å². The number of fused-ring (bicyclic) bond motifs is 1. The first-order chi connectivity index (χ1) is 14.6. The quantitative estimate of drug-likeness (QED) is 0.408. The van der Waals surface area contributed by atoms with Crippen LogP contribution in [0.15, 0.2) is 54.6 Å². The summed E-state index contributed by atoms with van der Waals surface area (Å²) in [7, 11) is 1.53. The predicted molar refractivity (Wildman–Crippen MR) is 124 cm³/mol. The topological polar surface area (TPSA) is 64.6 Å². The van der Waals surface area contributed by atoms with Crippen LogP contribution < -0.4 is 14.8 Å². The maximum Gasteiger partial charge on any atom is 0.296 e. The number of rotatable bonds is 6. The summed E-state index contributed by atoms with van der Waals surface area (Å²) in [6.07, 6.45) is -0.00388. The van der Waals surface area contributed by atoms with Crippen LogP contribution in [-0.2, 0) is 10.2 Å². The number of nitrogens with one attached hydrogen (secondary N) is 1. The Balaban J connectivity index is 1.96. The predicted octanol–water partition coefficient (Wildman–Crippen LogP) is 5.75. The average molecular weight is 420 g/mol. The van der Waals surface area contributed by atoms with Gasteiger partial charge in [-0.1, -0.05) is 51.1 Å². The molecule has 0 radical (unpaired) electrons. The molecule has 0 aliphatic heterocycles. The lowest BCUT2D eigenvalue weighted by Crippen LogP contribution is -2.24. The molecule has 0 saturated carbocycles. The van der Waals surface area contributed by atoms with Gasteiger partial charge in [-0.3, -0.25) is 9.59 Å². The Bertz CT molecular complexity index is 1130. The fourth-order valence-corrected chi connectivity index (χ4v) is 3.40. The molecule has 5 heteroatoms. The highest BCUT2D eigenvalue weighted by atomic mass is 16.5. The fraction of sp³-hybridized carbons (Fsp3) is 0.308. The van der Waals surface area contributed by atoms with Crippen molar-refractivity contribution < 1.29 is 19.1 Å². The monoisotopic (exact) mass is 419 g/mol. The molecule has 0 aliphatic rings. The highest BCUT2D eigenvalue weighted by Gasteiger charge is 2.23. The second kappa shape index (κ2) is 8.80. The maximum absolute atomic E-state index is 13.1. The molecule has 0 heterocycles. The summed E-state index contributed by atoms with van der Waals surface area (Å²) >= 11 is 0. The number of anilines is 1. The molecule has 1 amide bonds. The molecule has 3 rings (SSSR count). The van der Waals surface area contributed by atoms with Crippen LogP contribution in [0.4, 0.5) is 5.69 Å². The Labute approximate surface area is 183 Å². The van der Waals surface area contributed by atoms with Crippen LogP contribution in [0.5, 0.6) is 11.5 Å². The fourth-order valence-electron chi connectivity index (χ4n) is 3.40. The lowest BCUT2D eigenvalue weighted by molar-refractivity contribution is -0.112. The van der Waals surface area contributed by atoms with E-state index in [0.29, 0.717) is 28.1 Å². The lowest BCUT2D eigenvalue weighted by atomic mass is 9.87. The molecule has 3 aromatic carbocycles. The van der Waals surface area contributed by atoms with E-state index in [-0.39, 0.29) is 11.5 Å². The van der Waals surface area contributed by atoms with Crippen molar-refractivity contribution >= 4 is 28.2 Å². The molecule has 0 unspecified atom stereocenters. The maximum atomic E-state index is 13.1. The van der Waals surface area contributed by atoms with Crippen molar-refractivity contribution in [3.8, 4) is 11.5 Å². The first-order valence-corrected chi connectivity index (χ1v) is 10.3. The number of ether oxygens (including phenoxy) is 2. The van der Waals surface area contributed by atoms with Crippen LogP contribution in [0.3, 0.4) is 0 Å². The van der Waals surface area contributed by atoms with Crippen molar-refractivity contribution in [3.63, 3.8) is 0 Å². The van der Waals surface area contributed by atoms with Gasteiger partial charge in [0, 0.05) is 10.9 Å². The van der Waals surface area contributed by atoms with Crippen molar-refractivity contribution in [1.82, 2.24) is 0 Å². The number of methoxy groups -OCH3 is 1. The standard InChI is InChI=1S/C26H29NO4/c1-16(2)31-22-14-12-20(18-9-7-8-10-19(18)22)24(28)25(29)27-21-15-17(26(3,4)5)11-13-23(21)30-6/h7-16H,1-6H3,(H,27,29). The van der Waals surface area contributed by atoms with E-state index in [1.54, 1.807) is 18.2 Å². The zero-order valence-corrected chi connectivity index (χ0v) is 18.9. The Kier molecular flexibility index (Phi) is 6.34. The van der Waals surface area contributed by atoms with Crippen molar-refractivity contribution in [3.05, 3.63) is 65.7 Å². The number of carbonyl (C=O) groups is 2. The lowest BCUT2D eigenvalue weighted by Gasteiger charge is -2.21. The van der Waals surface area contributed by atoms with Gasteiger partial charge in [-0.2, -0.15) is 0 Å². The summed E-state index contributed by atoms with van der Waals surface area (Å²) in [6.45, 7) is 10.1. The normalized spacial score (nSPS) is 11.5. The molecule has 3 aromatic rings. The largest absolute Gasteiger partial charge is 0.495 e. The first kappa shape index (κ1) is 22.3. The molecule has 0 bridgehead atoms. The van der Waals surface area contributed by atoms with Crippen LogP contribution in [0, 0.1) is 0 Å². The Morgan fingerprint density at radius 1 is 0.903 bits per heavy atom. The molecule has 0 saturated heterocycles. The molecular formula is C26H29NO4. The van der Waals surface area contributed by atoms with E-state index in [0.717, 1.165) is 10.9 Å². The first-order valence-electron chi connectivity index (χ1n) is 10.3. The molecule has 31 heavy (non-hydrogen) atoms. The van der Waals surface area contributed by atoms with Crippen LogP contribution in [0.1, 0.15) is 50.5 Å². The van der Waals surface area contributed by atoms with E-state index in [2.05, 4.69) is 26.1 Å². The van der Waals surface area contributed by atoms with Crippen LogP contribution in [0.25, 0.3) is 10.8 Å². The van der Waals surface area contributed by atoms with Gasteiger partial charge in [0.2, 0.25) is 0 Å². The number of amides is 1. The molecular weight excluding hydrogens is 390 g/mol. The molecule has 1 N–H and O–H groups in total. The minimum absolute atomic E-state index is 0.00388. The summed E-state index contributed by atoms with van der Waals surface area (Å²) in [5.41, 5.74) is 1.71. The molecule has 162 valence electrons. The van der Waals surface area contributed by atoms with Gasteiger partial charge < -0.3 is 14.8 Å². The second-order valence-corrected chi connectivity index (χ2v) is 8.77. The number of hydrogen-bond acceptors (Lipinski definition) is 4. The number of hydrogen-bond donors (Lipinski definition) is 1. The van der Waals surface area contributed by atoms with E-state index in [4.69, 9.17) is 9.47 Å². The number of ketones is 1. The zero-order chi connectivity index (χ0) is 22.8. The van der Waals surface area contributed by atoms with Gasteiger partial charge in [0.1, 0.15) is 11.5 Å². The molecule has 0 fully saturated rings. The minimum atomic E-state index is -0.716. The van der Waals surface area contributed by atoms with Gasteiger partial charge in [0.05, 0.1) is 18.9 Å². The third kappa shape index (κ3) is 4.88. The Morgan fingerprint density at radius 3 is 2.16 bits per heavy atom. The minimum Gasteiger partial charge on any atom is -0.495 e. The van der Waals surface area contributed by atoms with Crippen molar-refractivity contribution in [2.75, 3.05) is 12.4 Å². The molecule has 5 nitrogen and oxygen atoms in total. The average Bonchev–Trinajstić information content (AvgIpc) is 2.72. The van der Waals surface area contributed by atoms with Crippen molar-refractivity contribution in [2.24, 2.45) is 0 Å². The highest BCUT2D eigenvalue weighted by Crippen LogP contribution is 2.33. The third-order valence-corrected chi connectivity index (χ3v) is 5.01. The summed E-state index contributed by atoms with van der Waals surface area (Å²) in [6, 6.07) is 16.4. The van der Waals surface area contributed by atoms with Crippen LogP contribution in [0.2, 0.25) is 0 Å². The van der Waals surface area contributed by atoms with Crippen LogP contribution in [-0.4, -0.2) is 24.9 Å². The SMILES string of the molecule is COc1ccc(C(C)(C)C)cc1NC(=O)C(=O)c1ccc(OC(C)C)c2ccccc12. The number of benzene rings is 3. The van der Waals surface area contributed by atoms with Gasteiger partial charge in [-0.05, 0) is 54.5 Å². The molecule has 0 atom stereocenters. The van der Waals surface area contributed by atoms with Gasteiger partial charge >= 0.3 is 0 Å². The summed E-state index contributed by atoms with van der Waals surface area (Å²) in [4.78, 5) is 26.0. The third-order valence-electron chi connectivity index (χ3n) is 5.01. The Morgan fingerprint density at radius 2 is 1.55 bits per heavy atom. The number of carbonyl (C=O) groups excluding carboxylic acids is 2. The van der Waals surface area contributed by atoms with Gasteiger partial charge in [0.15, 0.2) is 0 Å². The van der Waals surface area contributed by atoms with Gasteiger partial charge in [0.25, 0.3) is 11.7 Å². The second-order valence-electron chi connectivity index (χ2n) is 8.77. The van der Waals surface area contributed by atoms with Gasteiger partial charge in [-0.25, -0.2) is 0 Å². The molecule has 0 aliphatic carbocycles. The zero-order valence-electron chi connectivity index (χ0n) is 18.9. The van der Waals surface area contributed by atoms with E-state index < -0.39 is 11.7 Å². The highest BCUT2D eigenvalue weighted by molar-refractivity contribution is 6.48. The summed E-state index contributed by atoms with van der Waals surface area (Å²) in [5.74, 6) is -0.149. The van der Waals surface area contributed by atoms with Crippen LogP contribution >= 0.6 is 0 Å². The summed E-state index contributed by atoms with van der Waals surface area (Å²) < 4.78 is 11.2. The Hall–Kier alpha value is -3.34. The molecule has 0 spiro atoms. The van der Waals surface area contributed by atoms with E-state index in [1.807, 2.05) is 50.2 Å². The van der Waals surface area contributed by atoms with Crippen molar-refractivity contribution in [1.29, 1.82) is 0 Å². The van der Waals surface area contributed by atoms with E-state index in [1.165, 1.54) is 7.11 Å². The van der Waals surface area contributed by atoms with Crippen molar-refractivity contribution in [2.45, 2.75) is 46.1 Å². The van der Waals surface area contributed by atoms with Gasteiger partial charge in [-0.15, -0.1) is 0 Å². The molecule has 0 aromatic heterocycles. The smallest absolute Gasteiger partial charge is 0.296 e. The summed E-state index contributed by atoms with van der Waals surface area (Å²) in [5, 5.41) is 4.21. The van der Waals surface area contributed by atoms with E-state index >= 15 is 0 Å². The number of Topliss-reactive ketones (excluding diaryl/α,β-unsaturated/α-hetero) is 1.